The molecule has 8 heteroatoms. The molecule has 0 saturated carbocycles. The molecule has 1 N–H and O–H groups in total. The molecule has 3 amide bonds. The summed E-state index contributed by atoms with van der Waals surface area (Å²) in [5.41, 5.74) is 0.452. The summed E-state index contributed by atoms with van der Waals surface area (Å²) in [4.78, 5) is 40.7. The molecule has 0 spiro atoms. The van der Waals surface area contributed by atoms with Gasteiger partial charge in [-0.15, -0.1) is 0 Å². The van der Waals surface area contributed by atoms with Crippen molar-refractivity contribution in [1.29, 1.82) is 0 Å². The fourth-order valence-electron chi connectivity index (χ4n) is 3.22. The van der Waals surface area contributed by atoms with Gasteiger partial charge >= 0.3 is 0 Å². The van der Waals surface area contributed by atoms with Crippen LogP contribution < -0.4 is 5.32 Å². The van der Waals surface area contributed by atoms with Gasteiger partial charge in [0.2, 0.25) is 11.8 Å². The smallest absolute Gasteiger partial charge is 0.253 e. The van der Waals surface area contributed by atoms with Crippen LogP contribution in [0, 0.1) is 5.92 Å². The van der Waals surface area contributed by atoms with Crippen molar-refractivity contribution < 1.29 is 14.4 Å². The number of hydrogen-bond donors (Lipinski definition) is 1. The number of halogens is 2. The highest BCUT2D eigenvalue weighted by atomic mass is 35.5. The molecule has 27 heavy (non-hydrogen) atoms. The van der Waals surface area contributed by atoms with E-state index >= 15 is 0 Å². The minimum Gasteiger partial charge on any atom is -0.358 e. The second kappa shape index (κ2) is 9.95. The summed E-state index contributed by atoms with van der Waals surface area (Å²) in [7, 11) is 1.55. The van der Waals surface area contributed by atoms with E-state index in [1.807, 2.05) is 6.92 Å². The maximum Gasteiger partial charge on any atom is 0.253 e. The van der Waals surface area contributed by atoms with E-state index in [1.54, 1.807) is 35.0 Å². The van der Waals surface area contributed by atoms with Crippen LogP contribution in [0.1, 0.15) is 36.5 Å². The molecule has 1 atom stereocenters. The van der Waals surface area contributed by atoms with E-state index in [4.69, 9.17) is 23.2 Å². The van der Waals surface area contributed by atoms with Gasteiger partial charge in [-0.3, -0.25) is 14.4 Å². The number of piperidine rings is 1. The number of nitrogens with zero attached hydrogens (tertiary/aromatic N) is 2. The molecule has 1 aliphatic rings. The van der Waals surface area contributed by atoms with Crippen LogP contribution in [0.2, 0.25) is 10.0 Å². The Balaban J connectivity index is 2.08. The average molecular weight is 414 g/mol. The van der Waals surface area contributed by atoms with Crippen molar-refractivity contribution in [2.45, 2.75) is 26.2 Å². The van der Waals surface area contributed by atoms with Crippen LogP contribution >= 0.6 is 23.2 Å². The van der Waals surface area contributed by atoms with Gasteiger partial charge in [0.15, 0.2) is 0 Å². The summed E-state index contributed by atoms with van der Waals surface area (Å²) < 4.78 is 0. The number of carbonyl (C=O) groups is 3. The van der Waals surface area contributed by atoms with E-state index < -0.39 is 0 Å². The largest absolute Gasteiger partial charge is 0.358 e. The van der Waals surface area contributed by atoms with E-state index in [0.29, 0.717) is 41.7 Å². The summed E-state index contributed by atoms with van der Waals surface area (Å²) in [5.74, 6) is -0.746. The second-order valence-electron chi connectivity index (χ2n) is 6.65. The lowest BCUT2D eigenvalue weighted by Crippen LogP contribution is -2.49. The lowest BCUT2D eigenvalue weighted by molar-refractivity contribution is -0.140. The number of likely N-dealkylation sites (tertiary alicyclic amines) is 1. The van der Waals surface area contributed by atoms with Crippen molar-refractivity contribution in [2.75, 3.05) is 33.2 Å². The topological polar surface area (TPSA) is 69.7 Å². The molecule has 0 bridgehead atoms. The van der Waals surface area contributed by atoms with Crippen LogP contribution in [0.5, 0.6) is 0 Å². The molecule has 0 aliphatic carbocycles. The lowest BCUT2D eigenvalue weighted by Gasteiger charge is -2.35. The van der Waals surface area contributed by atoms with Crippen molar-refractivity contribution in [3.8, 4) is 0 Å². The van der Waals surface area contributed by atoms with Crippen molar-refractivity contribution in [2.24, 2.45) is 5.92 Å². The fourth-order valence-corrected chi connectivity index (χ4v) is 3.52. The first-order valence-corrected chi connectivity index (χ1v) is 9.86. The van der Waals surface area contributed by atoms with Gasteiger partial charge in [-0.2, -0.15) is 0 Å². The number of amides is 3. The third-order valence-corrected chi connectivity index (χ3v) is 5.38. The van der Waals surface area contributed by atoms with Crippen molar-refractivity contribution in [1.82, 2.24) is 15.1 Å². The number of carbonyl (C=O) groups excluding carboxylic acids is 3. The monoisotopic (exact) mass is 413 g/mol. The Morgan fingerprint density at radius 3 is 2.63 bits per heavy atom. The predicted molar refractivity (Wildman–Crippen MR) is 106 cm³/mol. The maximum atomic E-state index is 12.9. The molecule has 6 nitrogen and oxygen atoms in total. The highest BCUT2D eigenvalue weighted by Gasteiger charge is 2.32. The molecular formula is C19H25Cl2N3O3. The summed E-state index contributed by atoms with van der Waals surface area (Å²) in [6.45, 7) is 3.45. The number of benzene rings is 1. The Hall–Kier alpha value is -1.79. The Labute approximate surface area is 169 Å². The van der Waals surface area contributed by atoms with Gasteiger partial charge in [0.25, 0.3) is 5.91 Å². The van der Waals surface area contributed by atoms with Gasteiger partial charge in [0, 0.05) is 32.2 Å². The van der Waals surface area contributed by atoms with Crippen molar-refractivity contribution in [3.05, 3.63) is 33.8 Å². The Morgan fingerprint density at radius 1 is 1.26 bits per heavy atom. The molecule has 1 heterocycles. The molecular weight excluding hydrogens is 389 g/mol. The average Bonchev–Trinajstić information content (AvgIpc) is 2.68. The molecule has 0 aromatic heterocycles. The van der Waals surface area contributed by atoms with Crippen LogP contribution in [0.3, 0.4) is 0 Å². The van der Waals surface area contributed by atoms with Gasteiger partial charge < -0.3 is 15.1 Å². The predicted octanol–water partition coefficient (Wildman–Crippen LogP) is 2.83. The SMILES string of the molecule is CCCN(CC(=O)NC)C(=O)C1CCCN(C(=O)c2ccc(Cl)c(Cl)c2)C1. The number of rotatable bonds is 6. The lowest BCUT2D eigenvalue weighted by atomic mass is 9.95. The molecule has 1 aromatic rings. The van der Waals surface area contributed by atoms with E-state index in [1.165, 1.54) is 0 Å². The second-order valence-corrected chi connectivity index (χ2v) is 7.47. The molecule has 1 aliphatic heterocycles. The Morgan fingerprint density at radius 2 is 2.00 bits per heavy atom. The van der Waals surface area contributed by atoms with E-state index in [9.17, 15) is 14.4 Å². The van der Waals surface area contributed by atoms with Crippen LogP contribution in [0.25, 0.3) is 0 Å². The van der Waals surface area contributed by atoms with Crippen molar-refractivity contribution in [3.63, 3.8) is 0 Å². The molecule has 1 aromatic carbocycles. The van der Waals surface area contributed by atoms with Crippen LogP contribution in [0.15, 0.2) is 18.2 Å². The van der Waals surface area contributed by atoms with Crippen LogP contribution in [-0.4, -0.2) is 60.7 Å². The third-order valence-electron chi connectivity index (χ3n) is 4.64. The maximum absolute atomic E-state index is 12.9. The standard InChI is InChI=1S/C19H25Cl2N3O3/c1-3-8-23(12-17(25)22-2)19(27)14-5-4-9-24(11-14)18(26)13-6-7-15(20)16(21)10-13/h6-7,10,14H,3-5,8-9,11-12H2,1-2H3,(H,22,25). The Bertz CT molecular complexity index is 711. The molecule has 0 radical (unpaired) electrons. The first kappa shape index (κ1) is 21.5. The van der Waals surface area contributed by atoms with E-state index in [2.05, 4.69) is 5.32 Å². The highest BCUT2D eigenvalue weighted by molar-refractivity contribution is 6.42. The van der Waals surface area contributed by atoms with Crippen LogP contribution in [0.4, 0.5) is 0 Å². The summed E-state index contributed by atoms with van der Waals surface area (Å²) >= 11 is 11.9. The quantitative estimate of drug-likeness (QED) is 0.779. The fraction of sp³-hybridized carbons (Fsp3) is 0.526. The first-order chi connectivity index (χ1) is 12.9. The summed E-state index contributed by atoms with van der Waals surface area (Å²) in [6, 6.07) is 4.78. The van der Waals surface area contributed by atoms with E-state index in [-0.39, 0.29) is 30.2 Å². The van der Waals surface area contributed by atoms with E-state index in [0.717, 1.165) is 12.8 Å². The van der Waals surface area contributed by atoms with Gasteiger partial charge in [-0.25, -0.2) is 0 Å². The third kappa shape index (κ3) is 5.59. The molecule has 148 valence electrons. The van der Waals surface area contributed by atoms with Gasteiger partial charge in [-0.1, -0.05) is 30.1 Å². The Kier molecular flexibility index (Phi) is 7.92. The molecule has 1 fully saturated rings. The minimum atomic E-state index is -0.304. The summed E-state index contributed by atoms with van der Waals surface area (Å²) in [5, 5.41) is 3.27. The number of nitrogens with one attached hydrogen (secondary N) is 1. The first-order valence-electron chi connectivity index (χ1n) is 9.11. The zero-order valence-corrected chi connectivity index (χ0v) is 17.1. The molecule has 2 rings (SSSR count). The molecule has 1 saturated heterocycles. The highest BCUT2D eigenvalue weighted by Crippen LogP contribution is 2.25. The number of hydrogen-bond acceptors (Lipinski definition) is 3. The zero-order chi connectivity index (χ0) is 20.0. The van der Waals surface area contributed by atoms with Crippen LogP contribution in [-0.2, 0) is 9.59 Å². The normalized spacial score (nSPS) is 16.7. The van der Waals surface area contributed by atoms with Gasteiger partial charge in [0.05, 0.1) is 22.5 Å². The van der Waals surface area contributed by atoms with Gasteiger partial charge in [0.1, 0.15) is 0 Å². The minimum absolute atomic E-state index is 0.0421. The summed E-state index contributed by atoms with van der Waals surface area (Å²) in [6.07, 6.45) is 2.21. The van der Waals surface area contributed by atoms with Gasteiger partial charge in [-0.05, 0) is 37.5 Å². The number of likely N-dealkylation sites (N-methyl/N-ethyl adjacent to an activating group) is 1. The zero-order valence-electron chi connectivity index (χ0n) is 15.6. The molecule has 1 unspecified atom stereocenters. The van der Waals surface area contributed by atoms with Crippen molar-refractivity contribution >= 4 is 40.9 Å².